The third kappa shape index (κ3) is 9.79. The second-order valence-electron chi connectivity index (χ2n) is 25.5. The molecule has 0 fully saturated rings. The molecule has 0 saturated heterocycles. The summed E-state index contributed by atoms with van der Waals surface area (Å²) in [6.07, 6.45) is 0. The van der Waals surface area contributed by atoms with Gasteiger partial charge in [0.1, 0.15) is 11.5 Å². The number of rotatable bonds is 15. The van der Waals surface area contributed by atoms with Gasteiger partial charge in [0.25, 0.3) is 0 Å². The zero-order valence-electron chi connectivity index (χ0n) is 53.8. The van der Waals surface area contributed by atoms with Crippen LogP contribution in [-0.2, 0) is 0 Å². The Morgan fingerprint density at radius 2 is 0.490 bits per heavy atom. The molecule has 0 aliphatic heterocycles. The fraction of sp³-hybridized carbons (Fsp3) is 0. The molecule has 0 saturated carbocycles. The van der Waals surface area contributed by atoms with Crippen LogP contribution in [0.3, 0.4) is 0 Å². The normalized spacial score (nSPS) is 11.9. The van der Waals surface area contributed by atoms with Crippen molar-refractivity contribution < 1.29 is 4.74 Å². The zero-order chi connectivity index (χ0) is 65.0. The van der Waals surface area contributed by atoms with E-state index >= 15 is 0 Å². The number of para-hydroxylation sites is 1. The Balaban J connectivity index is 0.908. The maximum absolute atomic E-state index is 6.53. The van der Waals surface area contributed by atoms with E-state index in [1.165, 1.54) is 73.8 Å². The van der Waals surface area contributed by atoms with Gasteiger partial charge in [0.2, 0.25) is 0 Å². The minimum absolute atomic E-state index is 0.758. The smallest absolute Gasteiger partial charge is 0.179 e. The van der Waals surface area contributed by atoms with Gasteiger partial charge in [0, 0.05) is 50.0 Å². The molecule has 462 valence electrons. The van der Waals surface area contributed by atoms with Gasteiger partial charge in [-0.1, -0.05) is 285 Å². The van der Waals surface area contributed by atoms with Crippen molar-refractivity contribution in [2.45, 2.75) is 0 Å². The van der Waals surface area contributed by atoms with Crippen LogP contribution in [0.4, 0.5) is 17.1 Å². The molecule has 0 atom stereocenters. The lowest BCUT2D eigenvalue weighted by molar-refractivity contribution is 0.483. The molecule has 18 rings (SSSR count). The molecule has 0 unspecified atom stereocenters. The Morgan fingerprint density at radius 3 is 0.847 bits per heavy atom. The van der Waals surface area contributed by atoms with Gasteiger partial charge in [0.15, 0.2) is 16.1 Å². The Kier molecular flexibility index (Phi) is 14.5. The molecule has 4 nitrogen and oxygen atoms in total. The van der Waals surface area contributed by atoms with Crippen LogP contribution >= 0.6 is 0 Å². The van der Waals surface area contributed by atoms with Crippen LogP contribution in [-0.4, -0.2) is 25.3 Å². The van der Waals surface area contributed by atoms with Gasteiger partial charge in [0.05, 0.1) is 22.1 Å². The average molecular weight is 1280 g/mol. The predicted molar refractivity (Wildman–Crippen MR) is 419 cm³/mol. The Morgan fingerprint density at radius 1 is 0.204 bits per heavy atom. The standard InChI is InChI=1S/C92H65N3OSi2/c1-8-30-75(31-9-1)96-76-52-48-70(49-53-76)93(73-50-56-89-85(62-73)87-64-83(54-58-91(87)94(89)71-46-44-66-26-22-24-28-68(66)60-71)97(77-32-10-2-11-33-77,78-34-12-3-13-35-78)79-36-14-4-15-37-79)74-51-57-90-86(63-74)88-65-84(55-59-92(88)95(90)72-47-45-67-27-23-25-29-69(67)61-72)98(80-38-16-5-17-39-80,81-40-18-6-19-41-81)82-42-20-7-21-43-82/h1-65H. The summed E-state index contributed by atoms with van der Waals surface area (Å²) >= 11 is 0. The Labute approximate surface area is 572 Å². The highest BCUT2D eigenvalue weighted by Gasteiger charge is 2.43. The van der Waals surface area contributed by atoms with Gasteiger partial charge in [-0.05, 0) is 172 Å². The molecule has 0 bridgehead atoms. The Hall–Kier alpha value is -12.3. The van der Waals surface area contributed by atoms with Crippen LogP contribution < -0.4 is 51.1 Å². The van der Waals surface area contributed by atoms with E-state index in [1.807, 2.05) is 30.3 Å². The van der Waals surface area contributed by atoms with Crippen LogP contribution in [0, 0.1) is 0 Å². The SMILES string of the molecule is c1ccc(Oc2ccc(N(c3ccc4c(c3)c3cc([Si](c5ccccc5)(c5ccccc5)c5ccccc5)ccc3n4-c3ccc4ccccc4c3)c3ccc4c(c3)c3cc([Si](c5ccccc5)(c5ccccc5)c5ccccc5)ccc3n4-c3ccc4ccccc4c3)cc2)cc1. The highest BCUT2D eigenvalue weighted by molar-refractivity contribution is 7.20. The van der Waals surface area contributed by atoms with Gasteiger partial charge in [-0.15, -0.1) is 0 Å². The average Bonchev–Trinajstić information content (AvgIpc) is 1.32. The predicted octanol–water partition coefficient (Wildman–Crippen LogP) is 18.2. The fourth-order valence-electron chi connectivity index (χ4n) is 15.8. The molecule has 0 N–H and O–H groups in total. The summed E-state index contributed by atoms with van der Waals surface area (Å²) in [7, 11) is -5.95. The molecular weight excluding hydrogens is 1220 g/mol. The molecule has 6 heteroatoms. The van der Waals surface area contributed by atoms with Crippen LogP contribution in [0.2, 0.25) is 0 Å². The topological polar surface area (TPSA) is 22.3 Å². The van der Waals surface area contributed by atoms with Gasteiger partial charge in [-0.25, -0.2) is 0 Å². The first kappa shape index (κ1) is 58.3. The lowest BCUT2D eigenvalue weighted by Gasteiger charge is -2.34. The fourth-order valence-corrected chi connectivity index (χ4v) is 25.4. The van der Waals surface area contributed by atoms with Crippen molar-refractivity contribution in [3.05, 3.63) is 394 Å². The summed E-state index contributed by atoms with van der Waals surface area (Å²) in [4.78, 5) is 2.45. The van der Waals surface area contributed by atoms with E-state index in [-0.39, 0.29) is 0 Å². The van der Waals surface area contributed by atoms with Crippen LogP contribution in [0.25, 0.3) is 76.5 Å². The summed E-state index contributed by atoms with van der Waals surface area (Å²) < 4.78 is 11.5. The number of fused-ring (bicyclic) bond motifs is 8. The molecule has 18 aromatic rings. The van der Waals surface area contributed by atoms with Crippen LogP contribution in [0.5, 0.6) is 11.5 Å². The van der Waals surface area contributed by atoms with Gasteiger partial charge < -0.3 is 18.8 Å². The lowest BCUT2D eigenvalue weighted by atomic mass is 10.1. The highest BCUT2D eigenvalue weighted by atomic mass is 28.3. The van der Waals surface area contributed by atoms with Gasteiger partial charge in [-0.2, -0.15) is 0 Å². The second-order valence-corrected chi connectivity index (χ2v) is 33.2. The molecular formula is C92H65N3OSi2. The lowest BCUT2D eigenvalue weighted by Crippen LogP contribution is -2.74. The van der Waals surface area contributed by atoms with E-state index < -0.39 is 16.1 Å². The maximum Gasteiger partial charge on any atom is 0.179 e. The molecule has 0 radical (unpaired) electrons. The summed E-state index contributed by atoms with van der Waals surface area (Å²) in [5.41, 5.74) is 9.79. The number of hydrogen-bond acceptors (Lipinski definition) is 2. The maximum atomic E-state index is 6.53. The first-order chi connectivity index (χ1) is 48.6. The number of aromatic nitrogens is 2. The quantitative estimate of drug-likeness (QED) is 0.0754. The van der Waals surface area contributed by atoms with Gasteiger partial charge in [-0.3, -0.25) is 0 Å². The molecule has 2 aromatic heterocycles. The zero-order valence-corrected chi connectivity index (χ0v) is 55.8. The highest BCUT2D eigenvalue weighted by Crippen LogP contribution is 2.44. The number of ether oxygens (including phenoxy) is 1. The van der Waals surface area contributed by atoms with E-state index in [2.05, 4.69) is 378 Å². The van der Waals surface area contributed by atoms with Crippen molar-refractivity contribution >= 4 is 140 Å². The number of anilines is 3. The number of nitrogens with zero attached hydrogens (tertiary/aromatic N) is 3. The molecule has 98 heavy (non-hydrogen) atoms. The third-order valence-electron chi connectivity index (χ3n) is 20.2. The summed E-state index contributed by atoms with van der Waals surface area (Å²) in [5, 5.41) is 20.1. The number of hydrogen-bond donors (Lipinski definition) is 0. The third-order valence-corrected chi connectivity index (χ3v) is 29.7. The number of benzene rings is 16. The molecule has 0 aliphatic carbocycles. The van der Waals surface area contributed by atoms with Crippen molar-refractivity contribution in [3.63, 3.8) is 0 Å². The molecule has 0 amide bonds. The van der Waals surface area contributed by atoms with Crippen molar-refractivity contribution in [1.82, 2.24) is 9.13 Å². The van der Waals surface area contributed by atoms with Crippen molar-refractivity contribution in [1.29, 1.82) is 0 Å². The van der Waals surface area contributed by atoms with Crippen molar-refractivity contribution in [2.75, 3.05) is 4.90 Å². The Bertz CT molecular complexity index is 5430. The summed E-state index contributed by atoms with van der Waals surface area (Å²) in [6, 6.07) is 146. The molecule has 0 spiro atoms. The van der Waals surface area contributed by atoms with E-state index in [0.717, 1.165) is 72.8 Å². The molecule has 0 aliphatic rings. The molecule has 2 heterocycles. The van der Waals surface area contributed by atoms with Crippen LogP contribution in [0.15, 0.2) is 394 Å². The van der Waals surface area contributed by atoms with E-state index in [0.29, 0.717) is 0 Å². The van der Waals surface area contributed by atoms with Crippen LogP contribution in [0.1, 0.15) is 0 Å². The second kappa shape index (κ2) is 24.5. The van der Waals surface area contributed by atoms with E-state index in [4.69, 9.17) is 4.74 Å². The summed E-state index contributed by atoms with van der Waals surface area (Å²) in [6.45, 7) is 0. The van der Waals surface area contributed by atoms with Gasteiger partial charge >= 0.3 is 0 Å². The monoisotopic (exact) mass is 1280 g/mol. The van der Waals surface area contributed by atoms with E-state index in [1.54, 1.807) is 0 Å². The van der Waals surface area contributed by atoms with Crippen molar-refractivity contribution in [2.24, 2.45) is 0 Å². The minimum atomic E-state index is -2.98. The first-order valence-corrected chi connectivity index (χ1v) is 37.7. The minimum Gasteiger partial charge on any atom is -0.457 e. The van der Waals surface area contributed by atoms with Crippen molar-refractivity contribution in [3.8, 4) is 22.9 Å². The first-order valence-electron chi connectivity index (χ1n) is 33.7. The molecule has 16 aromatic carbocycles. The summed E-state index contributed by atoms with van der Waals surface area (Å²) in [5.74, 6) is 1.55. The van der Waals surface area contributed by atoms with E-state index in [9.17, 15) is 0 Å². The largest absolute Gasteiger partial charge is 0.457 e.